The van der Waals surface area contributed by atoms with Crippen molar-refractivity contribution in [2.24, 2.45) is 0 Å². The maximum absolute atomic E-state index is 11.7. The van der Waals surface area contributed by atoms with E-state index in [-0.39, 0.29) is 12.1 Å². The van der Waals surface area contributed by atoms with Crippen molar-refractivity contribution in [1.29, 1.82) is 0 Å². The lowest BCUT2D eigenvalue weighted by molar-refractivity contribution is -0.122. The Morgan fingerprint density at radius 1 is 1.28 bits per heavy atom. The molecule has 0 saturated carbocycles. The van der Waals surface area contributed by atoms with Crippen molar-refractivity contribution in [1.82, 2.24) is 10.2 Å². The normalized spacial score (nSPS) is 20.9. The fourth-order valence-electron chi connectivity index (χ4n) is 2.27. The van der Waals surface area contributed by atoms with Crippen LogP contribution in [0.4, 0.5) is 0 Å². The van der Waals surface area contributed by atoms with Gasteiger partial charge in [0.2, 0.25) is 5.91 Å². The van der Waals surface area contributed by atoms with Crippen molar-refractivity contribution >= 4 is 17.7 Å². The first-order chi connectivity index (χ1) is 8.77. The number of unbranched alkanes of at least 4 members (excludes halogenated alkanes) is 3. The molecule has 0 aliphatic carbocycles. The van der Waals surface area contributed by atoms with Crippen molar-refractivity contribution in [3.05, 3.63) is 0 Å². The number of carbonyl (C=O) groups is 1. The summed E-state index contributed by atoms with van der Waals surface area (Å²) in [5.74, 6) is 2.46. The van der Waals surface area contributed by atoms with Crippen molar-refractivity contribution in [3.63, 3.8) is 0 Å². The predicted octanol–water partition coefficient (Wildman–Crippen LogP) is 2.86. The third kappa shape index (κ3) is 6.10. The smallest absolute Gasteiger partial charge is 0.221 e. The van der Waals surface area contributed by atoms with E-state index in [9.17, 15) is 4.79 Å². The van der Waals surface area contributed by atoms with E-state index in [0.717, 1.165) is 25.3 Å². The summed E-state index contributed by atoms with van der Waals surface area (Å²) in [5, 5.41) is 3.18. The maximum Gasteiger partial charge on any atom is 0.221 e. The Balaban J connectivity index is 2.29. The van der Waals surface area contributed by atoms with Gasteiger partial charge in [-0.3, -0.25) is 9.69 Å². The van der Waals surface area contributed by atoms with Gasteiger partial charge in [-0.2, -0.15) is 11.8 Å². The molecule has 1 N–H and O–H groups in total. The molecule has 1 fully saturated rings. The van der Waals surface area contributed by atoms with Gasteiger partial charge in [-0.1, -0.05) is 33.1 Å². The topological polar surface area (TPSA) is 32.3 Å². The van der Waals surface area contributed by atoms with Gasteiger partial charge < -0.3 is 5.32 Å². The second kappa shape index (κ2) is 9.68. The lowest BCUT2D eigenvalue weighted by Gasteiger charge is -2.35. The number of thioether (sulfide) groups is 1. The van der Waals surface area contributed by atoms with E-state index < -0.39 is 0 Å². The molecule has 0 spiro atoms. The van der Waals surface area contributed by atoms with Crippen LogP contribution in [0.25, 0.3) is 0 Å². The zero-order valence-electron chi connectivity index (χ0n) is 11.9. The van der Waals surface area contributed by atoms with E-state index in [4.69, 9.17) is 0 Å². The number of hydrogen-bond donors (Lipinski definition) is 1. The average Bonchev–Trinajstić information content (AvgIpc) is 2.37. The third-order valence-corrected chi connectivity index (χ3v) is 4.37. The molecule has 0 aromatic heterocycles. The predicted molar refractivity (Wildman–Crippen MR) is 79.9 cm³/mol. The molecule has 1 heterocycles. The quantitative estimate of drug-likeness (QED) is 0.690. The van der Waals surface area contributed by atoms with Gasteiger partial charge in [-0.05, 0) is 12.8 Å². The lowest BCUT2D eigenvalue weighted by atomic mass is 10.2. The first-order valence-corrected chi connectivity index (χ1v) is 8.54. The van der Waals surface area contributed by atoms with Crippen LogP contribution in [0.3, 0.4) is 0 Å². The van der Waals surface area contributed by atoms with Gasteiger partial charge in [0.05, 0.1) is 6.17 Å². The van der Waals surface area contributed by atoms with Gasteiger partial charge in [0.15, 0.2) is 0 Å². The van der Waals surface area contributed by atoms with E-state index in [1.807, 2.05) is 11.8 Å². The largest absolute Gasteiger partial charge is 0.340 e. The summed E-state index contributed by atoms with van der Waals surface area (Å²) in [5.41, 5.74) is 0. The molecule has 3 nitrogen and oxygen atoms in total. The molecule has 1 saturated heterocycles. The molecule has 1 aliphatic heterocycles. The standard InChI is InChI=1S/C14H28N2OS/c1-3-5-6-7-9-16-10-11-18-12-13(16)15-14(17)8-4-2/h13H,3-12H2,1-2H3,(H,15,17). The number of carbonyl (C=O) groups excluding carboxylic acids is 1. The van der Waals surface area contributed by atoms with Crippen molar-refractivity contribution in [2.75, 3.05) is 24.6 Å². The second-order valence-electron chi connectivity index (χ2n) is 5.00. The highest BCUT2D eigenvalue weighted by Crippen LogP contribution is 2.16. The maximum atomic E-state index is 11.7. The van der Waals surface area contributed by atoms with Crippen LogP contribution in [0.15, 0.2) is 0 Å². The van der Waals surface area contributed by atoms with Crippen LogP contribution in [-0.4, -0.2) is 41.6 Å². The van der Waals surface area contributed by atoms with Crippen LogP contribution in [-0.2, 0) is 4.79 Å². The molecule has 1 unspecified atom stereocenters. The SMILES string of the molecule is CCCCCCN1CCSCC1NC(=O)CCC. The minimum atomic E-state index is 0.212. The van der Waals surface area contributed by atoms with Crippen LogP contribution in [0.1, 0.15) is 52.4 Å². The van der Waals surface area contributed by atoms with Crippen LogP contribution >= 0.6 is 11.8 Å². The highest BCUT2D eigenvalue weighted by molar-refractivity contribution is 7.99. The molecule has 1 aliphatic rings. The number of rotatable bonds is 8. The molecule has 18 heavy (non-hydrogen) atoms. The molecule has 0 bridgehead atoms. The number of nitrogens with one attached hydrogen (secondary N) is 1. The number of hydrogen-bond acceptors (Lipinski definition) is 3. The monoisotopic (exact) mass is 272 g/mol. The molecule has 1 atom stereocenters. The first-order valence-electron chi connectivity index (χ1n) is 7.39. The van der Waals surface area contributed by atoms with Gasteiger partial charge in [0.25, 0.3) is 0 Å². The number of amides is 1. The van der Waals surface area contributed by atoms with E-state index >= 15 is 0 Å². The van der Waals surface area contributed by atoms with E-state index in [0.29, 0.717) is 6.42 Å². The molecular weight excluding hydrogens is 244 g/mol. The van der Waals surface area contributed by atoms with Gasteiger partial charge in [-0.15, -0.1) is 0 Å². The van der Waals surface area contributed by atoms with Crippen molar-refractivity contribution in [3.8, 4) is 0 Å². The Bertz CT molecular complexity index is 236. The van der Waals surface area contributed by atoms with Crippen molar-refractivity contribution in [2.45, 2.75) is 58.5 Å². The molecule has 0 aromatic carbocycles. The van der Waals surface area contributed by atoms with E-state index in [1.54, 1.807) is 0 Å². The Morgan fingerprint density at radius 3 is 2.83 bits per heavy atom. The summed E-state index contributed by atoms with van der Waals surface area (Å²) in [7, 11) is 0. The second-order valence-corrected chi connectivity index (χ2v) is 6.15. The number of nitrogens with zero attached hydrogens (tertiary/aromatic N) is 1. The molecule has 4 heteroatoms. The summed E-state index contributed by atoms with van der Waals surface area (Å²) in [4.78, 5) is 14.1. The van der Waals surface area contributed by atoms with Gasteiger partial charge in [0, 0.05) is 31.0 Å². The fourth-order valence-corrected chi connectivity index (χ4v) is 3.31. The van der Waals surface area contributed by atoms with Crippen LogP contribution < -0.4 is 5.32 Å². The zero-order valence-corrected chi connectivity index (χ0v) is 12.7. The van der Waals surface area contributed by atoms with Crippen LogP contribution in [0, 0.1) is 0 Å². The zero-order chi connectivity index (χ0) is 13.2. The van der Waals surface area contributed by atoms with Crippen LogP contribution in [0.5, 0.6) is 0 Å². The summed E-state index contributed by atoms with van der Waals surface area (Å²) in [6.07, 6.45) is 7.05. The highest BCUT2D eigenvalue weighted by atomic mass is 32.2. The summed E-state index contributed by atoms with van der Waals surface area (Å²) in [6.45, 7) is 6.55. The van der Waals surface area contributed by atoms with Gasteiger partial charge in [-0.25, -0.2) is 0 Å². The third-order valence-electron chi connectivity index (χ3n) is 3.34. The van der Waals surface area contributed by atoms with Crippen molar-refractivity contribution < 1.29 is 4.79 Å². The lowest BCUT2D eigenvalue weighted by Crippen LogP contribution is -2.53. The Morgan fingerprint density at radius 2 is 2.11 bits per heavy atom. The summed E-state index contributed by atoms with van der Waals surface area (Å²) in [6, 6.07) is 0. The molecular formula is C14H28N2OS. The molecule has 1 rings (SSSR count). The Hall–Kier alpha value is -0.220. The summed E-state index contributed by atoms with van der Waals surface area (Å²) >= 11 is 1.95. The highest BCUT2D eigenvalue weighted by Gasteiger charge is 2.23. The minimum Gasteiger partial charge on any atom is -0.340 e. The van der Waals surface area contributed by atoms with Gasteiger partial charge in [0.1, 0.15) is 0 Å². The van der Waals surface area contributed by atoms with E-state index in [2.05, 4.69) is 24.1 Å². The Labute approximate surface area is 116 Å². The summed E-state index contributed by atoms with van der Waals surface area (Å²) < 4.78 is 0. The molecule has 106 valence electrons. The molecule has 1 amide bonds. The van der Waals surface area contributed by atoms with Gasteiger partial charge >= 0.3 is 0 Å². The van der Waals surface area contributed by atoms with Crippen LogP contribution in [0.2, 0.25) is 0 Å². The molecule has 0 radical (unpaired) electrons. The fraction of sp³-hybridized carbons (Fsp3) is 0.929. The Kier molecular flexibility index (Phi) is 8.51. The molecule has 0 aromatic rings. The average molecular weight is 272 g/mol. The minimum absolute atomic E-state index is 0.212. The first kappa shape index (κ1) is 15.8. The van der Waals surface area contributed by atoms with E-state index in [1.165, 1.54) is 31.4 Å².